The summed E-state index contributed by atoms with van der Waals surface area (Å²) >= 11 is 0. The number of nitrogens with one attached hydrogen (secondary N) is 1. The van der Waals surface area contributed by atoms with Crippen molar-refractivity contribution in [2.45, 2.75) is 18.9 Å². The van der Waals surface area contributed by atoms with Gasteiger partial charge < -0.3 is 1.43 Å². The van der Waals surface area contributed by atoms with Gasteiger partial charge in [0.15, 0.2) is 0 Å². The van der Waals surface area contributed by atoms with Crippen LogP contribution in [0, 0.1) is 0 Å². The molecule has 1 saturated carbocycles. The summed E-state index contributed by atoms with van der Waals surface area (Å²) in [6.07, 6.45) is 1.69. The minimum atomic E-state index is -3.91. The van der Waals surface area contributed by atoms with Crippen molar-refractivity contribution in [1.29, 1.82) is 0 Å². The van der Waals surface area contributed by atoms with E-state index in [9.17, 15) is 8.42 Å². The quantitative estimate of drug-likeness (QED) is 0.328. The fraction of sp³-hybridized carbons (Fsp3) is 1.00. The van der Waals surface area contributed by atoms with Crippen LogP contribution in [0.1, 0.15) is 14.3 Å². The molecule has 0 aromatic carbocycles. The third kappa shape index (κ3) is 5.32. The first-order valence-corrected chi connectivity index (χ1v) is 3.77. The number of hydrogen-bond donors (Lipinski definition) is 2. The maximum absolute atomic E-state index is 9.93. The minimum Gasteiger partial charge on any atom is -1.00 e. The van der Waals surface area contributed by atoms with Crippen molar-refractivity contribution < 1.29 is 44.0 Å². The van der Waals surface area contributed by atoms with Crippen LogP contribution < -0.4 is 34.3 Å². The van der Waals surface area contributed by atoms with Gasteiger partial charge in [-0.2, -0.15) is 13.1 Å². The smallest absolute Gasteiger partial charge is 1.00 e. The molecule has 4 nitrogen and oxygen atoms in total. The molecule has 1 aliphatic carbocycles. The zero-order valence-electron chi connectivity index (χ0n) is 6.16. The molecule has 0 aliphatic heterocycles. The summed E-state index contributed by atoms with van der Waals surface area (Å²) in [6.45, 7) is 0. The SMILES string of the molecule is O=S(=O)(O)NC1CC1.[H-].[Na+]. The first-order chi connectivity index (χ1) is 3.58. The van der Waals surface area contributed by atoms with Crippen molar-refractivity contribution >= 4 is 10.3 Å². The van der Waals surface area contributed by atoms with E-state index in [0.29, 0.717) is 0 Å². The van der Waals surface area contributed by atoms with Gasteiger partial charge in [-0.1, -0.05) is 0 Å². The predicted molar refractivity (Wildman–Crippen MR) is 28.8 cm³/mol. The molecule has 0 saturated heterocycles. The van der Waals surface area contributed by atoms with Gasteiger partial charge in [-0.05, 0) is 12.8 Å². The van der Waals surface area contributed by atoms with Crippen LogP contribution in [0.15, 0.2) is 0 Å². The summed E-state index contributed by atoms with van der Waals surface area (Å²) in [5.41, 5.74) is 0. The van der Waals surface area contributed by atoms with Crippen LogP contribution in [-0.4, -0.2) is 19.0 Å². The van der Waals surface area contributed by atoms with Gasteiger partial charge in [0.2, 0.25) is 0 Å². The molecule has 6 heteroatoms. The molecular formula is C3H8NNaO3S. The molecule has 0 amide bonds. The number of hydrogen-bond acceptors (Lipinski definition) is 2. The van der Waals surface area contributed by atoms with E-state index in [1.807, 2.05) is 4.72 Å². The Labute approximate surface area is 77.7 Å². The first kappa shape index (κ1) is 9.87. The normalized spacial score (nSPS) is 18.8. The molecule has 0 bridgehead atoms. The first-order valence-electron chi connectivity index (χ1n) is 2.33. The van der Waals surface area contributed by atoms with Gasteiger partial charge in [0, 0.05) is 6.04 Å². The molecule has 0 unspecified atom stereocenters. The van der Waals surface area contributed by atoms with Gasteiger partial charge in [0.25, 0.3) is 0 Å². The zero-order chi connectivity index (χ0) is 6.20. The molecule has 2 N–H and O–H groups in total. The molecule has 1 fully saturated rings. The van der Waals surface area contributed by atoms with Gasteiger partial charge in [0.1, 0.15) is 0 Å². The second kappa shape index (κ2) is 3.32. The van der Waals surface area contributed by atoms with Crippen molar-refractivity contribution in [1.82, 2.24) is 4.72 Å². The summed E-state index contributed by atoms with van der Waals surface area (Å²) in [7, 11) is -3.91. The summed E-state index contributed by atoms with van der Waals surface area (Å²) in [5.74, 6) is 0. The van der Waals surface area contributed by atoms with E-state index >= 15 is 0 Å². The van der Waals surface area contributed by atoms with E-state index in [0.717, 1.165) is 12.8 Å². The monoisotopic (exact) mass is 161 g/mol. The van der Waals surface area contributed by atoms with E-state index < -0.39 is 10.3 Å². The Kier molecular flexibility index (Phi) is 3.64. The Bertz CT molecular complexity index is 178. The maximum Gasteiger partial charge on any atom is 1.00 e. The second-order valence-corrected chi connectivity index (χ2v) is 3.05. The Hall–Kier alpha value is 0.870. The summed E-state index contributed by atoms with van der Waals surface area (Å²) < 4.78 is 30.0. The van der Waals surface area contributed by atoms with Crippen LogP contribution in [0.3, 0.4) is 0 Å². The van der Waals surface area contributed by atoms with Gasteiger partial charge in [-0.25, -0.2) is 0 Å². The van der Waals surface area contributed by atoms with Crippen LogP contribution in [0.2, 0.25) is 0 Å². The van der Waals surface area contributed by atoms with Gasteiger partial charge in [-0.3, -0.25) is 4.55 Å². The fourth-order valence-corrected chi connectivity index (χ4v) is 1.07. The van der Waals surface area contributed by atoms with Crippen LogP contribution in [0.25, 0.3) is 0 Å². The maximum atomic E-state index is 9.93. The van der Waals surface area contributed by atoms with Crippen LogP contribution in [0.4, 0.5) is 0 Å². The van der Waals surface area contributed by atoms with Crippen molar-refractivity contribution in [3.8, 4) is 0 Å². The Morgan fingerprint density at radius 1 is 1.56 bits per heavy atom. The van der Waals surface area contributed by atoms with E-state index in [4.69, 9.17) is 4.55 Å². The van der Waals surface area contributed by atoms with Crippen molar-refractivity contribution in [3.05, 3.63) is 0 Å². The second-order valence-electron chi connectivity index (χ2n) is 1.87. The molecule has 0 aromatic heterocycles. The van der Waals surface area contributed by atoms with Gasteiger partial charge in [0.05, 0.1) is 0 Å². The summed E-state index contributed by atoms with van der Waals surface area (Å²) in [6, 6.07) is 0.00463. The molecule has 1 rings (SSSR count). The average Bonchev–Trinajstić information content (AvgIpc) is 2.12. The average molecular weight is 161 g/mol. The van der Waals surface area contributed by atoms with Crippen LogP contribution >= 0.6 is 0 Å². The number of rotatable bonds is 2. The molecule has 50 valence electrons. The third-order valence-electron chi connectivity index (χ3n) is 0.893. The molecule has 1 aliphatic rings. The predicted octanol–water partition coefficient (Wildman–Crippen LogP) is -3.34. The molecular weight excluding hydrogens is 153 g/mol. The standard InChI is InChI=1S/C3H7NO3S.Na.H/c5-8(6,7)4-3-1-2-3;;/h3-4H,1-2H2,(H,5,6,7);;/q;+1;-1. The van der Waals surface area contributed by atoms with E-state index in [-0.39, 0.29) is 37.0 Å². The van der Waals surface area contributed by atoms with Crippen LogP contribution in [-0.2, 0) is 10.3 Å². The van der Waals surface area contributed by atoms with E-state index in [2.05, 4.69) is 0 Å². The molecule has 0 radical (unpaired) electrons. The largest absolute Gasteiger partial charge is 1.00 e. The van der Waals surface area contributed by atoms with Gasteiger partial charge in [-0.15, -0.1) is 0 Å². The Morgan fingerprint density at radius 3 is 2.11 bits per heavy atom. The minimum absolute atomic E-state index is 0. The van der Waals surface area contributed by atoms with Crippen molar-refractivity contribution in [3.63, 3.8) is 0 Å². The molecule has 0 atom stereocenters. The van der Waals surface area contributed by atoms with Crippen molar-refractivity contribution in [2.75, 3.05) is 0 Å². The van der Waals surface area contributed by atoms with E-state index in [1.165, 1.54) is 0 Å². The topological polar surface area (TPSA) is 66.4 Å². The summed E-state index contributed by atoms with van der Waals surface area (Å²) in [4.78, 5) is 0. The van der Waals surface area contributed by atoms with Crippen LogP contribution in [0.5, 0.6) is 0 Å². The fourth-order valence-electron chi connectivity index (χ4n) is 0.412. The molecule has 0 heterocycles. The Morgan fingerprint density at radius 2 is 2.00 bits per heavy atom. The van der Waals surface area contributed by atoms with Gasteiger partial charge >= 0.3 is 39.9 Å². The summed E-state index contributed by atoms with van der Waals surface area (Å²) in [5, 5.41) is 0. The molecule has 0 spiro atoms. The Balaban J connectivity index is 0. The molecule has 9 heavy (non-hydrogen) atoms. The van der Waals surface area contributed by atoms with E-state index in [1.54, 1.807) is 0 Å². The zero-order valence-corrected chi connectivity index (χ0v) is 7.98. The molecule has 0 aromatic rings. The van der Waals surface area contributed by atoms with Crippen molar-refractivity contribution in [2.24, 2.45) is 0 Å². The third-order valence-corrected chi connectivity index (χ3v) is 1.52.